The molecule has 1 heterocycles. The van der Waals surface area contributed by atoms with Gasteiger partial charge >= 0.3 is 0 Å². The van der Waals surface area contributed by atoms with E-state index in [0.29, 0.717) is 4.91 Å². The Morgan fingerprint density at radius 2 is 1.81 bits per heavy atom. The molecule has 3 rings (SSSR count). The highest BCUT2D eigenvalue weighted by atomic mass is 35.5. The summed E-state index contributed by atoms with van der Waals surface area (Å²) >= 11 is 6.65. The van der Waals surface area contributed by atoms with E-state index in [2.05, 4.69) is 10.0 Å². The lowest BCUT2D eigenvalue weighted by Crippen LogP contribution is -2.38. The van der Waals surface area contributed by atoms with Gasteiger partial charge in [0, 0.05) is 31.1 Å². The van der Waals surface area contributed by atoms with Gasteiger partial charge in [0.15, 0.2) is 0 Å². The lowest BCUT2D eigenvalue weighted by Gasteiger charge is -2.13. The Labute approximate surface area is 195 Å². The summed E-state index contributed by atoms with van der Waals surface area (Å²) in [6, 6.07) is 15.0. The molecule has 168 valence electrons. The number of benzene rings is 2. The summed E-state index contributed by atoms with van der Waals surface area (Å²) in [7, 11) is -3.78. The first-order valence-corrected chi connectivity index (χ1v) is 12.3. The Kier molecular flexibility index (Phi) is 8.08. The van der Waals surface area contributed by atoms with Crippen LogP contribution in [0.25, 0.3) is 6.08 Å². The third kappa shape index (κ3) is 6.42. The van der Waals surface area contributed by atoms with E-state index in [1.165, 1.54) is 18.2 Å². The lowest BCUT2D eigenvalue weighted by atomic mass is 10.2. The first-order valence-electron chi connectivity index (χ1n) is 9.58. The van der Waals surface area contributed by atoms with Crippen molar-refractivity contribution in [3.05, 3.63) is 70.1 Å². The molecule has 0 radical (unpaired) electrons. The van der Waals surface area contributed by atoms with Crippen molar-refractivity contribution in [2.24, 2.45) is 0 Å². The molecule has 2 N–H and O–H groups in total. The van der Waals surface area contributed by atoms with Crippen LogP contribution in [0.4, 0.5) is 4.79 Å². The van der Waals surface area contributed by atoms with Crippen molar-refractivity contribution in [1.82, 2.24) is 14.9 Å². The number of carbonyl (C=O) groups excluding carboxylic acids is 3. The number of nitrogens with zero attached hydrogens (tertiary/aromatic N) is 1. The second kappa shape index (κ2) is 10.8. The molecule has 0 aliphatic carbocycles. The van der Waals surface area contributed by atoms with Crippen LogP contribution in [-0.2, 0) is 19.6 Å². The third-order valence-corrected chi connectivity index (χ3v) is 6.98. The molecule has 8 nitrogen and oxygen atoms in total. The van der Waals surface area contributed by atoms with E-state index in [9.17, 15) is 22.8 Å². The Hall–Kier alpha value is -2.66. The van der Waals surface area contributed by atoms with Gasteiger partial charge in [-0.3, -0.25) is 19.3 Å². The number of hydrogen-bond acceptors (Lipinski definition) is 6. The molecule has 1 fully saturated rings. The zero-order chi connectivity index (χ0) is 23.1. The Morgan fingerprint density at radius 3 is 2.53 bits per heavy atom. The van der Waals surface area contributed by atoms with E-state index in [4.69, 9.17) is 11.6 Å². The zero-order valence-electron chi connectivity index (χ0n) is 16.8. The fraction of sp³-hybridized carbons (Fsp3) is 0.190. The topological polar surface area (TPSA) is 113 Å². The maximum atomic E-state index is 12.5. The van der Waals surface area contributed by atoms with Crippen LogP contribution >= 0.6 is 23.4 Å². The van der Waals surface area contributed by atoms with Crippen molar-refractivity contribution >= 4 is 56.5 Å². The number of sulfonamides is 1. The normalized spacial score (nSPS) is 15.4. The molecule has 0 unspecified atom stereocenters. The third-order valence-electron chi connectivity index (χ3n) is 4.38. The minimum Gasteiger partial charge on any atom is -0.354 e. The van der Waals surface area contributed by atoms with E-state index in [1.807, 2.05) is 30.3 Å². The van der Waals surface area contributed by atoms with Gasteiger partial charge in [-0.2, -0.15) is 0 Å². The van der Waals surface area contributed by atoms with Crippen molar-refractivity contribution in [1.29, 1.82) is 0 Å². The summed E-state index contributed by atoms with van der Waals surface area (Å²) in [6.07, 6.45) is 1.55. The second-order valence-electron chi connectivity index (χ2n) is 6.70. The van der Waals surface area contributed by atoms with Crippen LogP contribution in [0.1, 0.15) is 12.0 Å². The van der Waals surface area contributed by atoms with Crippen LogP contribution in [0.3, 0.4) is 0 Å². The van der Waals surface area contributed by atoms with Gasteiger partial charge in [-0.05, 0) is 41.6 Å². The van der Waals surface area contributed by atoms with Gasteiger partial charge in [0.2, 0.25) is 15.9 Å². The summed E-state index contributed by atoms with van der Waals surface area (Å²) in [5.74, 6) is -0.821. The highest BCUT2D eigenvalue weighted by Gasteiger charge is 2.34. The van der Waals surface area contributed by atoms with Crippen LogP contribution < -0.4 is 10.0 Å². The summed E-state index contributed by atoms with van der Waals surface area (Å²) in [5.41, 5.74) is 0.812. The quantitative estimate of drug-likeness (QED) is 0.519. The van der Waals surface area contributed by atoms with Crippen molar-refractivity contribution in [2.75, 3.05) is 19.6 Å². The van der Waals surface area contributed by atoms with Gasteiger partial charge in [0.1, 0.15) is 0 Å². The molecule has 1 aliphatic heterocycles. The molecular formula is C21H20ClN3O5S2. The summed E-state index contributed by atoms with van der Waals surface area (Å²) in [4.78, 5) is 38.0. The van der Waals surface area contributed by atoms with Crippen LogP contribution in [-0.4, -0.2) is 50.0 Å². The number of hydrogen-bond donors (Lipinski definition) is 2. The van der Waals surface area contributed by atoms with Gasteiger partial charge in [-0.25, -0.2) is 13.1 Å². The number of carbonyl (C=O) groups is 3. The average Bonchev–Trinajstić information content (AvgIpc) is 3.01. The van der Waals surface area contributed by atoms with E-state index in [-0.39, 0.29) is 36.0 Å². The monoisotopic (exact) mass is 493 g/mol. The molecule has 2 aromatic rings. The van der Waals surface area contributed by atoms with E-state index in [1.54, 1.807) is 12.1 Å². The maximum absolute atomic E-state index is 12.5. The molecule has 3 amide bonds. The molecule has 2 aromatic carbocycles. The molecule has 0 atom stereocenters. The molecule has 0 bridgehead atoms. The van der Waals surface area contributed by atoms with E-state index >= 15 is 0 Å². The summed E-state index contributed by atoms with van der Waals surface area (Å²) in [6.45, 7) is -0.0185. The number of halogens is 1. The fourth-order valence-electron chi connectivity index (χ4n) is 2.81. The van der Waals surface area contributed by atoms with Crippen molar-refractivity contribution in [3.63, 3.8) is 0 Å². The van der Waals surface area contributed by atoms with Gasteiger partial charge < -0.3 is 5.32 Å². The van der Waals surface area contributed by atoms with E-state index < -0.39 is 27.1 Å². The van der Waals surface area contributed by atoms with Gasteiger partial charge in [-0.1, -0.05) is 48.0 Å². The number of nitrogens with one attached hydrogen (secondary N) is 2. The average molecular weight is 494 g/mol. The highest BCUT2D eigenvalue weighted by Crippen LogP contribution is 2.31. The molecule has 0 spiro atoms. The van der Waals surface area contributed by atoms with Gasteiger partial charge in [0.25, 0.3) is 11.1 Å². The van der Waals surface area contributed by atoms with Crippen LogP contribution in [0.15, 0.2) is 64.4 Å². The first kappa shape index (κ1) is 24.0. The predicted octanol–water partition coefficient (Wildman–Crippen LogP) is 2.86. The second-order valence-corrected chi connectivity index (χ2v) is 9.90. The van der Waals surface area contributed by atoms with Gasteiger partial charge in [0.05, 0.1) is 9.80 Å². The largest absolute Gasteiger partial charge is 0.354 e. The standard InChI is InChI=1S/C21H20ClN3O5S2/c22-16-7-4-8-17(14-16)32(29,30)24-10-9-19(26)23-11-12-25-20(27)18(31-21(25)28)13-15-5-2-1-3-6-15/h1-8,13-14,24H,9-12H2,(H,23,26). The van der Waals surface area contributed by atoms with Crippen molar-refractivity contribution < 1.29 is 22.8 Å². The zero-order valence-corrected chi connectivity index (χ0v) is 19.2. The SMILES string of the molecule is O=C(CCNS(=O)(=O)c1cccc(Cl)c1)NCCN1C(=O)SC(=Cc2ccccc2)C1=O. The van der Waals surface area contributed by atoms with Crippen molar-refractivity contribution in [3.8, 4) is 0 Å². The smallest absolute Gasteiger partial charge is 0.293 e. The first-order chi connectivity index (χ1) is 15.3. The maximum Gasteiger partial charge on any atom is 0.293 e. The minimum atomic E-state index is -3.78. The molecule has 1 saturated heterocycles. The number of imide groups is 1. The fourth-order valence-corrected chi connectivity index (χ4v) is 5.00. The molecule has 0 saturated carbocycles. The Balaban J connectivity index is 1.43. The summed E-state index contributed by atoms with van der Waals surface area (Å²) < 4.78 is 26.7. The minimum absolute atomic E-state index is 0.00771. The molecule has 0 aromatic heterocycles. The van der Waals surface area contributed by atoms with Crippen LogP contribution in [0, 0.1) is 0 Å². The molecule has 32 heavy (non-hydrogen) atoms. The van der Waals surface area contributed by atoms with Crippen LogP contribution in [0.2, 0.25) is 5.02 Å². The van der Waals surface area contributed by atoms with Crippen LogP contribution in [0.5, 0.6) is 0 Å². The predicted molar refractivity (Wildman–Crippen MR) is 123 cm³/mol. The lowest BCUT2D eigenvalue weighted by molar-refractivity contribution is -0.124. The highest BCUT2D eigenvalue weighted by molar-refractivity contribution is 8.18. The Bertz CT molecular complexity index is 1150. The van der Waals surface area contributed by atoms with Crippen molar-refractivity contribution in [2.45, 2.75) is 11.3 Å². The molecular weight excluding hydrogens is 474 g/mol. The summed E-state index contributed by atoms with van der Waals surface area (Å²) in [5, 5.41) is 2.47. The number of amides is 3. The number of rotatable bonds is 9. The molecule has 11 heteroatoms. The molecule has 1 aliphatic rings. The van der Waals surface area contributed by atoms with Gasteiger partial charge in [-0.15, -0.1) is 0 Å². The van der Waals surface area contributed by atoms with E-state index in [0.717, 1.165) is 22.2 Å². The Morgan fingerprint density at radius 1 is 1.06 bits per heavy atom. The number of thioether (sulfide) groups is 1.